The Balaban J connectivity index is 1.93. The van der Waals surface area contributed by atoms with Gasteiger partial charge in [0.05, 0.1) is 6.04 Å². The van der Waals surface area contributed by atoms with E-state index in [9.17, 15) is 14.0 Å². The monoisotopic (exact) mass is 315 g/mol. The van der Waals surface area contributed by atoms with Crippen molar-refractivity contribution >= 4 is 28.8 Å². The maximum atomic E-state index is 14.7. The third-order valence-corrected chi connectivity index (χ3v) is 4.48. The van der Waals surface area contributed by atoms with Crippen LogP contribution in [-0.2, 0) is 16.0 Å². The normalized spacial score (nSPS) is 19.3. The number of aromatic nitrogens is 1. The molecule has 2 unspecified atom stereocenters. The number of nitrogens with zero attached hydrogens (tertiary/aromatic N) is 2. The van der Waals surface area contributed by atoms with Gasteiger partial charge >= 0.3 is 0 Å². The van der Waals surface area contributed by atoms with Gasteiger partial charge in [0.25, 0.3) is 0 Å². The molecule has 1 amide bonds. The number of nitrogens with two attached hydrogens (primary N) is 1. The fraction of sp³-hybridized carbons (Fsp3) is 0.353. The Bertz CT molecular complexity index is 778. The first-order valence-corrected chi connectivity index (χ1v) is 7.60. The van der Waals surface area contributed by atoms with E-state index in [1.807, 2.05) is 6.92 Å². The zero-order valence-electron chi connectivity index (χ0n) is 12.8. The molecule has 2 heterocycles. The van der Waals surface area contributed by atoms with E-state index in [0.717, 1.165) is 12.7 Å². The number of carbonyl (C=O) groups excluding carboxylic acids is 2. The average molecular weight is 315 g/mol. The smallest absolute Gasteiger partial charge is 0.226 e. The second-order valence-corrected chi connectivity index (χ2v) is 5.96. The van der Waals surface area contributed by atoms with E-state index in [4.69, 9.17) is 5.73 Å². The molecular weight excluding hydrogens is 297 g/mol. The van der Waals surface area contributed by atoms with Crippen LogP contribution in [0.4, 0.5) is 10.2 Å². The van der Waals surface area contributed by atoms with E-state index in [0.29, 0.717) is 22.9 Å². The van der Waals surface area contributed by atoms with Gasteiger partial charge in [-0.2, -0.15) is 0 Å². The Morgan fingerprint density at radius 1 is 1.43 bits per heavy atom. The van der Waals surface area contributed by atoms with Gasteiger partial charge in [0, 0.05) is 35.9 Å². The molecule has 3 rings (SSSR count). The van der Waals surface area contributed by atoms with Crippen LogP contribution < -0.4 is 5.73 Å². The van der Waals surface area contributed by atoms with Crippen LogP contribution in [0.1, 0.15) is 18.9 Å². The number of fused-ring (bicyclic) bond motifs is 1. The minimum absolute atomic E-state index is 0.0447. The van der Waals surface area contributed by atoms with Crippen LogP contribution in [0.15, 0.2) is 24.4 Å². The number of anilines is 1. The molecule has 2 N–H and O–H groups in total. The summed E-state index contributed by atoms with van der Waals surface area (Å²) in [5, 5.41) is 0.919. The number of hydrogen-bond acceptors (Lipinski definition) is 4. The van der Waals surface area contributed by atoms with Crippen LogP contribution in [0.5, 0.6) is 0 Å². The Morgan fingerprint density at radius 3 is 2.87 bits per heavy atom. The Morgan fingerprint density at radius 2 is 2.22 bits per heavy atom. The highest BCUT2D eigenvalue weighted by atomic mass is 19.1. The van der Waals surface area contributed by atoms with Gasteiger partial charge in [0.2, 0.25) is 5.91 Å². The number of carbonyl (C=O) groups is 2. The summed E-state index contributed by atoms with van der Waals surface area (Å²) in [4.78, 5) is 29.0. The minimum Gasteiger partial charge on any atom is -0.383 e. The molecule has 120 valence electrons. The Kier molecular flexibility index (Phi) is 3.98. The van der Waals surface area contributed by atoms with Crippen molar-refractivity contribution in [3.8, 4) is 0 Å². The third kappa shape index (κ3) is 2.65. The lowest BCUT2D eigenvalue weighted by Gasteiger charge is -2.24. The average Bonchev–Trinajstić information content (AvgIpc) is 2.87. The molecule has 1 saturated heterocycles. The molecule has 1 aromatic carbocycles. The number of pyridine rings is 1. The van der Waals surface area contributed by atoms with Crippen LogP contribution in [0.25, 0.3) is 10.8 Å². The standard InChI is InChI=1S/C17H18FN3O2/c1-10-5-7-21(17(10)23)12(9-22)8-11-2-3-14-13(15(11)18)4-6-20-16(14)19/h2-4,6,9-10,12H,5,7-8H2,1H3,(H2,19,20). The van der Waals surface area contributed by atoms with E-state index in [-0.39, 0.29) is 24.1 Å². The molecule has 1 fully saturated rings. The number of hydrogen-bond donors (Lipinski definition) is 1. The Hall–Kier alpha value is -2.50. The molecule has 2 aromatic rings. The van der Waals surface area contributed by atoms with Crippen LogP contribution in [0.2, 0.25) is 0 Å². The molecule has 0 radical (unpaired) electrons. The predicted octanol–water partition coefficient (Wildman–Crippen LogP) is 1.93. The van der Waals surface area contributed by atoms with E-state index in [1.165, 1.54) is 6.20 Å². The maximum Gasteiger partial charge on any atom is 0.226 e. The summed E-state index contributed by atoms with van der Waals surface area (Å²) in [7, 11) is 0. The number of aldehydes is 1. The van der Waals surface area contributed by atoms with Crippen LogP contribution in [0.3, 0.4) is 0 Å². The van der Waals surface area contributed by atoms with Gasteiger partial charge in [-0.25, -0.2) is 9.37 Å². The number of rotatable bonds is 4. The Labute approximate surface area is 133 Å². The number of amides is 1. The van der Waals surface area contributed by atoms with Gasteiger partial charge in [0.1, 0.15) is 17.9 Å². The van der Waals surface area contributed by atoms with Crippen molar-refractivity contribution in [1.29, 1.82) is 0 Å². The number of benzene rings is 1. The summed E-state index contributed by atoms with van der Waals surface area (Å²) in [6.45, 7) is 2.38. The number of nitrogen functional groups attached to an aromatic ring is 1. The van der Waals surface area contributed by atoms with Crippen molar-refractivity contribution in [2.75, 3.05) is 12.3 Å². The molecular formula is C17H18FN3O2. The van der Waals surface area contributed by atoms with Crippen molar-refractivity contribution in [1.82, 2.24) is 9.88 Å². The largest absolute Gasteiger partial charge is 0.383 e. The van der Waals surface area contributed by atoms with Gasteiger partial charge < -0.3 is 15.4 Å². The molecule has 6 heteroatoms. The van der Waals surface area contributed by atoms with Crippen molar-refractivity contribution in [3.63, 3.8) is 0 Å². The third-order valence-electron chi connectivity index (χ3n) is 4.48. The molecule has 0 aliphatic carbocycles. The lowest BCUT2D eigenvalue weighted by atomic mass is 10.0. The quantitative estimate of drug-likeness (QED) is 0.875. The van der Waals surface area contributed by atoms with Crippen LogP contribution in [-0.4, -0.2) is 34.7 Å². The second kappa shape index (κ2) is 5.95. The van der Waals surface area contributed by atoms with E-state index >= 15 is 0 Å². The highest BCUT2D eigenvalue weighted by molar-refractivity contribution is 5.91. The molecule has 0 saturated carbocycles. The van der Waals surface area contributed by atoms with Gasteiger partial charge in [0.15, 0.2) is 0 Å². The highest BCUT2D eigenvalue weighted by Crippen LogP contribution is 2.26. The van der Waals surface area contributed by atoms with Crippen molar-refractivity contribution in [2.45, 2.75) is 25.8 Å². The molecule has 0 spiro atoms. The van der Waals surface area contributed by atoms with Gasteiger partial charge in [-0.15, -0.1) is 0 Å². The fourth-order valence-electron chi connectivity index (χ4n) is 3.08. The second-order valence-electron chi connectivity index (χ2n) is 5.96. The molecule has 2 atom stereocenters. The first-order chi connectivity index (χ1) is 11.0. The summed E-state index contributed by atoms with van der Waals surface area (Å²) in [5.74, 6) is -0.270. The van der Waals surface area contributed by atoms with Crippen molar-refractivity contribution in [3.05, 3.63) is 35.8 Å². The summed E-state index contributed by atoms with van der Waals surface area (Å²) in [5.41, 5.74) is 6.14. The maximum absolute atomic E-state index is 14.7. The SMILES string of the molecule is CC1CCN(C(C=O)Cc2ccc3c(N)nccc3c2F)C1=O. The number of likely N-dealkylation sites (tertiary alicyclic amines) is 1. The van der Waals surface area contributed by atoms with Gasteiger partial charge in [-0.1, -0.05) is 19.1 Å². The van der Waals surface area contributed by atoms with Gasteiger partial charge in [-0.05, 0) is 18.1 Å². The fourth-order valence-corrected chi connectivity index (χ4v) is 3.08. The molecule has 1 aliphatic rings. The zero-order valence-corrected chi connectivity index (χ0v) is 12.8. The first-order valence-electron chi connectivity index (χ1n) is 7.60. The van der Waals surface area contributed by atoms with Crippen molar-refractivity contribution < 1.29 is 14.0 Å². The molecule has 23 heavy (non-hydrogen) atoms. The summed E-state index contributed by atoms with van der Waals surface area (Å²) in [6, 6.07) is 4.23. The topological polar surface area (TPSA) is 76.3 Å². The molecule has 5 nitrogen and oxygen atoms in total. The van der Waals surface area contributed by atoms with Crippen LogP contribution >= 0.6 is 0 Å². The minimum atomic E-state index is -0.640. The molecule has 0 bridgehead atoms. The zero-order chi connectivity index (χ0) is 16.6. The highest BCUT2D eigenvalue weighted by Gasteiger charge is 2.33. The van der Waals surface area contributed by atoms with Crippen molar-refractivity contribution in [2.24, 2.45) is 5.92 Å². The van der Waals surface area contributed by atoms with Crippen LogP contribution in [0, 0.1) is 11.7 Å². The first kappa shape index (κ1) is 15.4. The number of halogens is 1. The van der Waals surface area contributed by atoms with Gasteiger partial charge in [-0.3, -0.25) is 4.79 Å². The predicted molar refractivity (Wildman–Crippen MR) is 85.2 cm³/mol. The summed E-state index contributed by atoms with van der Waals surface area (Å²) in [6.07, 6.45) is 3.06. The summed E-state index contributed by atoms with van der Waals surface area (Å²) < 4.78 is 14.7. The van der Waals surface area contributed by atoms with E-state index in [2.05, 4.69) is 4.98 Å². The lowest BCUT2D eigenvalue weighted by Crippen LogP contribution is -2.40. The van der Waals surface area contributed by atoms with E-state index in [1.54, 1.807) is 23.1 Å². The molecule has 1 aliphatic heterocycles. The summed E-state index contributed by atoms with van der Waals surface area (Å²) >= 11 is 0. The van der Waals surface area contributed by atoms with E-state index < -0.39 is 11.9 Å². The lowest BCUT2D eigenvalue weighted by molar-refractivity contribution is -0.135. The molecule has 1 aromatic heterocycles.